The number of carbonyl (C=O) groups is 2. The van der Waals surface area contributed by atoms with Crippen LogP contribution in [-0.2, 0) is 10.5 Å². The van der Waals surface area contributed by atoms with E-state index < -0.39 is 18.0 Å². The van der Waals surface area contributed by atoms with E-state index in [9.17, 15) is 19.8 Å². The molecule has 3 N–H and O–H groups in total. The van der Waals surface area contributed by atoms with Crippen LogP contribution in [0.25, 0.3) is 0 Å². The van der Waals surface area contributed by atoms with Crippen LogP contribution in [0.1, 0.15) is 21.9 Å². The van der Waals surface area contributed by atoms with E-state index in [1.165, 1.54) is 24.8 Å². The van der Waals surface area contributed by atoms with Gasteiger partial charge < -0.3 is 30.0 Å². The number of carboxylic acid groups (broad SMARTS) is 2. The number of thioether (sulfide) groups is 1. The fraction of sp³-hybridized carbons (Fsp3) is 0.400. The van der Waals surface area contributed by atoms with E-state index in [2.05, 4.69) is 5.73 Å². The van der Waals surface area contributed by atoms with Crippen LogP contribution in [0.4, 0.5) is 0 Å². The lowest BCUT2D eigenvalue weighted by Crippen LogP contribution is -2.69. The Hall–Kier alpha value is -1.47. The minimum absolute atomic E-state index is 0.0201. The summed E-state index contributed by atoms with van der Waals surface area (Å²) in [4.78, 5) is 21.0. The molecule has 1 heterocycles. The van der Waals surface area contributed by atoms with Gasteiger partial charge in [-0.05, 0) is 13.0 Å². The van der Waals surface area contributed by atoms with Crippen LogP contribution in [0.3, 0.4) is 0 Å². The second kappa shape index (κ2) is 5.74. The van der Waals surface area contributed by atoms with Crippen molar-refractivity contribution in [3.63, 3.8) is 0 Å². The predicted molar refractivity (Wildman–Crippen MR) is 55.6 cm³/mol. The second-order valence-electron chi connectivity index (χ2n) is 3.50. The smallest absolute Gasteiger partial charge is 0.134 e. The zero-order valence-electron chi connectivity index (χ0n) is 9.23. The van der Waals surface area contributed by atoms with Crippen molar-refractivity contribution in [2.75, 3.05) is 5.75 Å². The SMILES string of the molecule is Cc1oc(CSC[C@@H]([NH3+])C(=O)[O-])cc1C(=O)[O-]. The highest BCUT2D eigenvalue weighted by Gasteiger charge is 2.11. The lowest BCUT2D eigenvalue weighted by Gasteiger charge is -2.07. The van der Waals surface area contributed by atoms with Gasteiger partial charge in [-0.25, -0.2) is 0 Å². The maximum absolute atomic E-state index is 10.6. The molecule has 1 rings (SSSR count). The zero-order valence-corrected chi connectivity index (χ0v) is 10.0. The third kappa shape index (κ3) is 3.79. The molecule has 0 amide bonds. The van der Waals surface area contributed by atoms with E-state index in [-0.39, 0.29) is 17.1 Å². The average Bonchev–Trinajstić information content (AvgIpc) is 2.59. The first kappa shape index (κ1) is 13.6. The van der Waals surface area contributed by atoms with Gasteiger partial charge >= 0.3 is 0 Å². The molecular formula is C10H12NO5S-. The van der Waals surface area contributed by atoms with Crippen molar-refractivity contribution >= 4 is 23.7 Å². The van der Waals surface area contributed by atoms with Gasteiger partial charge in [0, 0.05) is 5.56 Å². The molecule has 0 saturated heterocycles. The maximum Gasteiger partial charge on any atom is 0.134 e. The van der Waals surface area contributed by atoms with Crippen LogP contribution in [0.15, 0.2) is 10.5 Å². The normalized spacial score (nSPS) is 12.4. The van der Waals surface area contributed by atoms with Crippen LogP contribution < -0.4 is 15.9 Å². The Balaban J connectivity index is 2.50. The summed E-state index contributed by atoms with van der Waals surface area (Å²) in [5.41, 5.74) is 3.42. The molecule has 7 heteroatoms. The minimum Gasteiger partial charge on any atom is -0.545 e. The molecule has 0 bridgehead atoms. The summed E-state index contributed by atoms with van der Waals surface area (Å²) in [6.07, 6.45) is 0. The Morgan fingerprint density at radius 3 is 2.65 bits per heavy atom. The fourth-order valence-electron chi connectivity index (χ4n) is 1.19. The number of aryl methyl sites for hydroxylation is 1. The van der Waals surface area contributed by atoms with Crippen LogP contribution in [0.5, 0.6) is 0 Å². The lowest BCUT2D eigenvalue weighted by atomic mass is 10.2. The topological polar surface area (TPSA) is 121 Å². The first-order valence-corrected chi connectivity index (χ1v) is 5.99. The largest absolute Gasteiger partial charge is 0.545 e. The van der Waals surface area contributed by atoms with Crippen molar-refractivity contribution in [2.45, 2.75) is 18.7 Å². The Morgan fingerprint density at radius 2 is 2.18 bits per heavy atom. The van der Waals surface area contributed by atoms with Crippen molar-refractivity contribution < 1.29 is 30.0 Å². The first-order valence-electron chi connectivity index (χ1n) is 4.84. The van der Waals surface area contributed by atoms with Gasteiger partial charge in [0.15, 0.2) is 0 Å². The van der Waals surface area contributed by atoms with E-state index in [0.717, 1.165) is 0 Å². The van der Waals surface area contributed by atoms with Gasteiger partial charge in [0.2, 0.25) is 0 Å². The van der Waals surface area contributed by atoms with Crippen molar-refractivity contribution in [2.24, 2.45) is 0 Å². The number of quaternary nitrogens is 1. The van der Waals surface area contributed by atoms with E-state index in [1.54, 1.807) is 0 Å². The molecule has 1 aromatic heterocycles. The third-order valence-electron chi connectivity index (χ3n) is 2.09. The number of carboxylic acids is 2. The molecule has 17 heavy (non-hydrogen) atoms. The number of hydrogen-bond donors (Lipinski definition) is 1. The van der Waals surface area contributed by atoms with Gasteiger partial charge in [0.05, 0.1) is 23.4 Å². The Kier molecular flexibility index (Phi) is 4.59. The van der Waals surface area contributed by atoms with Crippen LogP contribution in [0, 0.1) is 6.92 Å². The van der Waals surface area contributed by atoms with Crippen molar-refractivity contribution in [3.8, 4) is 0 Å². The summed E-state index contributed by atoms with van der Waals surface area (Å²) in [7, 11) is 0. The molecule has 0 unspecified atom stereocenters. The molecule has 0 aromatic carbocycles. The highest BCUT2D eigenvalue weighted by atomic mass is 32.2. The first-order chi connectivity index (χ1) is 7.91. The van der Waals surface area contributed by atoms with Gasteiger partial charge in [-0.2, -0.15) is 0 Å². The van der Waals surface area contributed by atoms with Crippen molar-refractivity contribution in [1.29, 1.82) is 0 Å². The monoisotopic (exact) mass is 258 g/mol. The lowest BCUT2D eigenvalue weighted by molar-refractivity contribution is -0.431. The summed E-state index contributed by atoms with van der Waals surface area (Å²) < 4.78 is 5.19. The Morgan fingerprint density at radius 1 is 1.53 bits per heavy atom. The van der Waals surface area contributed by atoms with Crippen molar-refractivity contribution in [1.82, 2.24) is 0 Å². The van der Waals surface area contributed by atoms with E-state index in [1.807, 2.05) is 0 Å². The summed E-state index contributed by atoms with van der Waals surface area (Å²) >= 11 is 1.29. The Labute approximate surface area is 102 Å². The van der Waals surface area contributed by atoms with E-state index in [4.69, 9.17) is 4.42 Å². The van der Waals surface area contributed by atoms with E-state index in [0.29, 0.717) is 11.5 Å². The fourth-order valence-corrected chi connectivity index (χ4v) is 2.07. The van der Waals surface area contributed by atoms with Gasteiger partial charge in [-0.1, -0.05) is 0 Å². The number of hydrogen-bond acceptors (Lipinski definition) is 6. The number of furan rings is 1. The molecule has 1 aromatic rings. The van der Waals surface area contributed by atoms with Crippen LogP contribution in [0.2, 0.25) is 0 Å². The molecule has 0 fully saturated rings. The highest BCUT2D eigenvalue weighted by Crippen LogP contribution is 2.19. The predicted octanol–water partition coefficient (Wildman–Crippen LogP) is -2.45. The van der Waals surface area contributed by atoms with Crippen LogP contribution >= 0.6 is 11.8 Å². The molecular weight excluding hydrogens is 246 g/mol. The zero-order chi connectivity index (χ0) is 13.0. The molecule has 0 aliphatic rings. The summed E-state index contributed by atoms with van der Waals surface area (Å²) in [5.74, 6) is -1.07. The molecule has 0 aliphatic carbocycles. The van der Waals surface area contributed by atoms with Crippen molar-refractivity contribution in [3.05, 3.63) is 23.2 Å². The van der Waals surface area contributed by atoms with Gasteiger partial charge in [-0.3, -0.25) is 0 Å². The Bertz CT molecular complexity index is 428. The minimum atomic E-state index is -1.28. The summed E-state index contributed by atoms with van der Waals surface area (Å²) in [5, 5.41) is 21.0. The maximum atomic E-state index is 10.6. The molecule has 0 saturated carbocycles. The summed E-state index contributed by atoms with van der Waals surface area (Å²) in [6, 6.07) is 0.589. The number of rotatable bonds is 6. The standard InChI is InChI=1S/C10H13NO5S/c1-5-7(9(12)13)2-6(16-5)3-17-4-8(11)10(14)15/h2,8H,3-4,11H2,1H3,(H,12,13)(H,14,15)/p-1/t8-/m1/s1. The molecule has 0 spiro atoms. The third-order valence-corrected chi connectivity index (χ3v) is 3.21. The summed E-state index contributed by atoms with van der Waals surface area (Å²) in [6.45, 7) is 1.53. The van der Waals surface area contributed by atoms with Crippen LogP contribution in [-0.4, -0.2) is 23.7 Å². The average molecular weight is 258 g/mol. The quantitative estimate of drug-likeness (QED) is 0.604. The molecule has 94 valence electrons. The molecule has 0 aliphatic heterocycles. The molecule has 0 radical (unpaired) electrons. The highest BCUT2D eigenvalue weighted by molar-refractivity contribution is 7.98. The number of aliphatic carboxylic acids is 1. The number of carbonyl (C=O) groups excluding carboxylic acids is 2. The molecule has 6 nitrogen and oxygen atoms in total. The van der Waals surface area contributed by atoms with Gasteiger partial charge in [0.1, 0.15) is 17.6 Å². The molecule has 1 atom stereocenters. The van der Waals surface area contributed by atoms with E-state index >= 15 is 0 Å². The number of aromatic carboxylic acids is 1. The van der Waals surface area contributed by atoms with Gasteiger partial charge in [-0.15, -0.1) is 11.8 Å². The van der Waals surface area contributed by atoms with Gasteiger partial charge in [0.25, 0.3) is 0 Å². The second-order valence-corrected chi connectivity index (χ2v) is 4.53.